The molecule has 0 aliphatic heterocycles. The van der Waals surface area contributed by atoms with Crippen molar-refractivity contribution in [1.82, 2.24) is 0 Å². The van der Waals surface area contributed by atoms with E-state index >= 15 is 0 Å². The highest BCUT2D eigenvalue weighted by molar-refractivity contribution is 9.10. The van der Waals surface area contributed by atoms with Crippen molar-refractivity contribution >= 4 is 21.6 Å². The van der Waals surface area contributed by atoms with Crippen LogP contribution in [0.5, 0.6) is 11.5 Å². The fourth-order valence-corrected chi connectivity index (χ4v) is 2.22. The fraction of sp³-hybridized carbons (Fsp3) is 0.143. The average Bonchev–Trinajstić information content (AvgIpc) is 2.48. The molecule has 0 saturated heterocycles. The summed E-state index contributed by atoms with van der Waals surface area (Å²) < 4.78 is 43.9. The molecule has 0 amide bonds. The molecule has 0 aliphatic rings. The van der Waals surface area contributed by atoms with E-state index < -0.39 is 29.0 Å². The number of nitro groups is 1. The summed E-state index contributed by atoms with van der Waals surface area (Å²) in [6, 6.07) is 6.53. The number of rotatable bonds is 4. The average molecular weight is 392 g/mol. The second kappa shape index (κ2) is 6.55. The van der Waals surface area contributed by atoms with Crippen LogP contribution in [-0.4, -0.2) is 10.0 Å². The first kappa shape index (κ1) is 17.2. The third-order valence-electron chi connectivity index (χ3n) is 2.90. The second-order valence-electron chi connectivity index (χ2n) is 4.45. The van der Waals surface area contributed by atoms with Crippen molar-refractivity contribution in [2.24, 2.45) is 0 Å². The van der Waals surface area contributed by atoms with Crippen LogP contribution in [0.2, 0.25) is 0 Å². The quantitative estimate of drug-likeness (QED) is 0.607. The van der Waals surface area contributed by atoms with Crippen molar-refractivity contribution in [3.8, 4) is 11.5 Å². The maximum absolute atomic E-state index is 12.7. The highest BCUT2D eigenvalue weighted by Crippen LogP contribution is 2.38. The van der Waals surface area contributed by atoms with E-state index in [1.54, 1.807) is 6.07 Å². The lowest BCUT2D eigenvalue weighted by Gasteiger charge is -2.12. The molecule has 2 aromatic rings. The van der Waals surface area contributed by atoms with Crippen LogP contribution in [-0.2, 0) is 12.8 Å². The third kappa shape index (κ3) is 3.99. The number of benzene rings is 2. The molecule has 5 nitrogen and oxygen atoms in total. The van der Waals surface area contributed by atoms with Gasteiger partial charge < -0.3 is 9.84 Å². The Morgan fingerprint density at radius 2 is 1.83 bits per heavy atom. The molecule has 23 heavy (non-hydrogen) atoms. The van der Waals surface area contributed by atoms with E-state index in [4.69, 9.17) is 4.74 Å². The summed E-state index contributed by atoms with van der Waals surface area (Å²) in [5.74, 6) is -0.237. The number of aliphatic hydroxyl groups excluding tert-OH is 1. The molecule has 1 N–H and O–H groups in total. The molecule has 0 atom stereocenters. The number of aliphatic hydroxyl groups is 1. The van der Waals surface area contributed by atoms with Crippen LogP contribution in [0.15, 0.2) is 40.9 Å². The van der Waals surface area contributed by atoms with E-state index in [0.29, 0.717) is 22.2 Å². The molecule has 2 rings (SSSR count). The van der Waals surface area contributed by atoms with E-state index in [-0.39, 0.29) is 11.5 Å². The predicted octanol–water partition coefficient (Wildman–Crippen LogP) is 4.66. The van der Waals surface area contributed by atoms with Crippen molar-refractivity contribution < 1.29 is 27.9 Å². The summed E-state index contributed by atoms with van der Waals surface area (Å²) in [6.45, 7) is -0.400. The van der Waals surface area contributed by atoms with E-state index in [0.717, 1.165) is 6.07 Å². The number of nitro benzene ring substituents is 1. The Labute approximate surface area is 136 Å². The Kier molecular flexibility index (Phi) is 4.90. The summed E-state index contributed by atoms with van der Waals surface area (Å²) in [5, 5.41) is 20.3. The van der Waals surface area contributed by atoms with Gasteiger partial charge in [0.1, 0.15) is 5.75 Å². The molecule has 0 aliphatic carbocycles. The molecule has 0 saturated carbocycles. The van der Waals surface area contributed by atoms with E-state index in [9.17, 15) is 28.4 Å². The van der Waals surface area contributed by atoms with E-state index in [1.807, 2.05) is 0 Å². The van der Waals surface area contributed by atoms with Crippen LogP contribution in [0.25, 0.3) is 0 Å². The highest BCUT2D eigenvalue weighted by Gasteiger charge is 2.33. The van der Waals surface area contributed by atoms with Crippen LogP contribution in [0.1, 0.15) is 11.1 Å². The monoisotopic (exact) mass is 391 g/mol. The van der Waals surface area contributed by atoms with Gasteiger partial charge in [-0.2, -0.15) is 13.2 Å². The Hall–Kier alpha value is -2.13. The molecule has 0 heterocycles. The van der Waals surface area contributed by atoms with Crippen molar-refractivity contribution in [2.75, 3.05) is 0 Å². The predicted molar refractivity (Wildman–Crippen MR) is 78.2 cm³/mol. The molecule has 0 spiro atoms. The minimum absolute atomic E-state index is 0.110. The van der Waals surface area contributed by atoms with Gasteiger partial charge in [0.05, 0.1) is 17.1 Å². The van der Waals surface area contributed by atoms with Gasteiger partial charge in [-0.1, -0.05) is 15.9 Å². The van der Waals surface area contributed by atoms with Gasteiger partial charge in [0.25, 0.3) is 0 Å². The summed E-state index contributed by atoms with van der Waals surface area (Å²) in [4.78, 5) is 10.0. The van der Waals surface area contributed by atoms with Crippen LogP contribution in [0.3, 0.4) is 0 Å². The Balaban J connectivity index is 2.46. The summed E-state index contributed by atoms with van der Waals surface area (Å²) in [7, 11) is 0. The van der Waals surface area contributed by atoms with Crippen molar-refractivity contribution in [3.05, 3.63) is 62.1 Å². The number of ether oxygens (including phenoxy) is 1. The maximum atomic E-state index is 12.7. The summed E-state index contributed by atoms with van der Waals surface area (Å²) in [5.41, 5.74) is -1.63. The number of halogens is 4. The van der Waals surface area contributed by atoms with Crippen molar-refractivity contribution in [2.45, 2.75) is 12.8 Å². The first-order chi connectivity index (χ1) is 10.7. The fourth-order valence-electron chi connectivity index (χ4n) is 1.81. The molecule has 2 aromatic carbocycles. The molecule has 9 heteroatoms. The van der Waals surface area contributed by atoms with Crippen LogP contribution in [0.4, 0.5) is 18.9 Å². The highest BCUT2D eigenvalue weighted by atomic mass is 79.9. The molecule has 0 fully saturated rings. The normalized spacial score (nSPS) is 11.3. The summed E-state index contributed by atoms with van der Waals surface area (Å²) >= 11 is 3.19. The van der Waals surface area contributed by atoms with Crippen molar-refractivity contribution in [1.29, 1.82) is 0 Å². The minimum Gasteiger partial charge on any atom is -0.450 e. The summed E-state index contributed by atoms with van der Waals surface area (Å²) in [6.07, 6.45) is -4.70. The van der Waals surface area contributed by atoms with Gasteiger partial charge in [0.15, 0.2) is 0 Å². The molecule has 0 radical (unpaired) electrons. The maximum Gasteiger partial charge on any atom is 0.416 e. The van der Waals surface area contributed by atoms with Gasteiger partial charge in [-0.15, -0.1) is 0 Å². The van der Waals surface area contributed by atoms with Gasteiger partial charge in [-0.25, -0.2) is 0 Å². The van der Waals surface area contributed by atoms with E-state index in [1.165, 1.54) is 12.1 Å². The first-order valence-corrected chi connectivity index (χ1v) is 6.94. The lowest BCUT2D eigenvalue weighted by Crippen LogP contribution is -2.06. The molecular weight excluding hydrogens is 383 g/mol. The minimum atomic E-state index is -4.70. The van der Waals surface area contributed by atoms with Gasteiger partial charge in [0, 0.05) is 16.1 Å². The van der Waals surface area contributed by atoms with Crippen LogP contribution >= 0.6 is 15.9 Å². The SMILES string of the molecule is O=[N+]([O-])c1cc(C(F)(F)F)ccc1Oc1ccc(Br)cc1CO. The second-order valence-corrected chi connectivity index (χ2v) is 5.37. The van der Waals surface area contributed by atoms with Gasteiger partial charge in [0.2, 0.25) is 5.75 Å². The third-order valence-corrected chi connectivity index (χ3v) is 3.39. The van der Waals surface area contributed by atoms with Gasteiger partial charge >= 0.3 is 11.9 Å². The zero-order valence-electron chi connectivity index (χ0n) is 11.3. The van der Waals surface area contributed by atoms with Gasteiger partial charge in [-0.05, 0) is 30.3 Å². The number of alkyl halides is 3. The smallest absolute Gasteiger partial charge is 0.416 e. The Bertz CT molecular complexity index is 749. The van der Waals surface area contributed by atoms with E-state index in [2.05, 4.69) is 15.9 Å². The van der Waals surface area contributed by atoms with Crippen LogP contribution < -0.4 is 4.74 Å². The molecule has 122 valence electrons. The first-order valence-electron chi connectivity index (χ1n) is 6.15. The molecule has 0 bridgehead atoms. The molecule has 0 unspecified atom stereocenters. The topological polar surface area (TPSA) is 72.6 Å². The standard InChI is InChI=1S/C14H9BrF3NO4/c15-10-2-4-12(8(5-10)7-20)23-13-3-1-9(14(16,17)18)6-11(13)19(21)22/h1-6,20H,7H2. The van der Waals surface area contributed by atoms with Crippen LogP contribution in [0, 0.1) is 10.1 Å². The Morgan fingerprint density at radius 3 is 2.39 bits per heavy atom. The lowest BCUT2D eigenvalue weighted by molar-refractivity contribution is -0.385. The number of hydrogen-bond donors (Lipinski definition) is 1. The number of hydrogen-bond acceptors (Lipinski definition) is 4. The molecular formula is C14H9BrF3NO4. The molecule has 0 aromatic heterocycles. The van der Waals surface area contributed by atoms with Gasteiger partial charge in [-0.3, -0.25) is 10.1 Å². The Morgan fingerprint density at radius 1 is 1.17 bits per heavy atom. The largest absolute Gasteiger partial charge is 0.450 e. The van der Waals surface area contributed by atoms with Crippen molar-refractivity contribution in [3.63, 3.8) is 0 Å². The zero-order chi connectivity index (χ0) is 17.2. The zero-order valence-corrected chi connectivity index (χ0v) is 12.9. The number of nitrogens with zero attached hydrogens (tertiary/aromatic N) is 1. The lowest BCUT2D eigenvalue weighted by atomic mass is 10.1.